The first kappa shape index (κ1) is 7.38. The summed E-state index contributed by atoms with van der Waals surface area (Å²) >= 11 is 0. The molecule has 0 radical (unpaired) electrons. The number of fused-ring (bicyclic) bond motifs is 3. The van der Waals surface area contributed by atoms with Gasteiger partial charge in [-0.15, -0.1) is 0 Å². The average molecular weight is 185 g/mol. The van der Waals surface area contributed by atoms with Gasteiger partial charge < -0.3 is 9.26 Å². The standard InChI is InChI=1S/C11H7NO2/c1-2-4-11-8(3-1)9-7-14-12-10(9)5-6-13-11/h1-7H. The van der Waals surface area contributed by atoms with E-state index in [1.54, 1.807) is 18.6 Å². The molecule has 0 N–H and O–H groups in total. The lowest BCUT2D eigenvalue weighted by atomic mass is 10.1. The van der Waals surface area contributed by atoms with Gasteiger partial charge in [0, 0.05) is 11.6 Å². The zero-order chi connectivity index (χ0) is 9.38. The molecule has 1 aliphatic rings. The normalized spacial score (nSPS) is 12.6. The maximum Gasteiger partial charge on any atom is 0.134 e. The minimum Gasteiger partial charge on any atom is -0.464 e. The van der Waals surface area contributed by atoms with Gasteiger partial charge in [-0.05, 0) is 6.07 Å². The molecular weight excluding hydrogens is 178 g/mol. The number of hydrogen-bond acceptors (Lipinski definition) is 3. The van der Waals surface area contributed by atoms with E-state index in [-0.39, 0.29) is 0 Å². The van der Waals surface area contributed by atoms with Crippen LogP contribution in [0.4, 0.5) is 0 Å². The van der Waals surface area contributed by atoms with Crippen LogP contribution in [0.2, 0.25) is 0 Å². The van der Waals surface area contributed by atoms with E-state index in [0.29, 0.717) is 0 Å². The third kappa shape index (κ3) is 0.956. The summed E-state index contributed by atoms with van der Waals surface area (Å²) in [6.07, 6.45) is 5.04. The van der Waals surface area contributed by atoms with Crippen molar-refractivity contribution in [2.75, 3.05) is 0 Å². The lowest BCUT2D eigenvalue weighted by Gasteiger charge is -2.03. The van der Waals surface area contributed by atoms with Gasteiger partial charge in [0.15, 0.2) is 0 Å². The molecule has 2 heterocycles. The van der Waals surface area contributed by atoms with E-state index in [1.165, 1.54) is 0 Å². The topological polar surface area (TPSA) is 35.3 Å². The number of nitrogens with zero attached hydrogens (tertiary/aromatic N) is 1. The molecule has 14 heavy (non-hydrogen) atoms. The molecule has 0 fully saturated rings. The second-order valence-corrected chi connectivity index (χ2v) is 3.03. The molecule has 1 aliphatic heterocycles. The lowest BCUT2D eigenvalue weighted by Crippen LogP contribution is -1.82. The van der Waals surface area contributed by atoms with Crippen LogP contribution in [0.3, 0.4) is 0 Å². The van der Waals surface area contributed by atoms with Crippen molar-refractivity contribution in [1.82, 2.24) is 5.16 Å². The van der Waals surface area contributed by atoms with Gasteiger partial charge in [-0.1, -0.05) is 23.4 Å². The van der Waals surface area contributed by atoms with Gasteiger partial charge in [0.1, 0.15) is 17.7 Å². The number of para-hydroxylation sites is 1. The monoisotopic (exact) mass is 185 g/mol. The molecular formula is C11H7NO2. The highest BCUT2D eigenvalue weighted by Gasteiger charge is 2.14. The predicted octanol–water partition coefficient (Wildman–Crippen LogP) is 2.70. The van der Waals surface area contributed by atoms with E-state index in [2.05, 4.69) is 5.16 Å². The fraction of sp³-hybridized carbons (Fsp3) is 0. The van der Waals surface area contributed by atoms with E-state index in [0.717, 1.165) is 22.6 Å². The van der Waals surface area contributed by atoms with Crippen LogP contribution in [0.5, 0.6) is 5.75 Å². The van der Waals surface area contributed by atoms with Crippen molar-refractivity contribution in [2.24, 2.45) is 0 Å². The molecule has 3 heteroatoms. The Morgan fingerprint density at radius 3 is 3.00 bits per heavy atom. The lowest BCUT2D eigenvalue weighted by molar-refractivity contribution is 0.417. The highest BCUT2D eigenvalue weighted by atomic mass is 16.5. The van der Waals surface area contributed by atoms with E-state index in [4.69, 9.17) is 9.26 Å². The number of benzene rings is 1. The summed E-state index contributed by atoms with van der Waals surface area (Å²) in [6, 6.07) is 7.80. The first-order valence-corrected chi connectivity index (χ1v) is 4.32. The first-order valence-electron chi connectivity index (χ1n) is 4.32. The Balaban J connectivity index is 2.33. The number of ether oxygens (including phenoxy) is 1. The van der Waals surface area contributed by atoms with Crippen molar-refractivity contribution < 1.29 is 9.26 Å². The maximum atomic E-state index is 5.43. The van der Waals surface area contributed by atoms with Crippen LogP contribution >= 0.6 is 0 Å². The van der Waals surface area contributed by atoms with Crippen molar-refractivity contribution in [3.63, 3.8) is 0 Å². The Hall–Kier alpha value is -2.03. The van der Waals surface area contributed by atoms with Crippen molar-refractivity contribution in [3.05, 3.63) is 42.5 Å². The molecule has 3 rings (SSSR count). The largest absolute Gasteiger partial charge is 0.464 e. The summed E-state index contributed by atoms with van der Waals surface area (Å²) in [6.45, 7) is 0. The van der Waals surface area contributed by atoms with Crippen LogP contribution in [0.1, 0.15) is 5.69 Å². The minimum absolute atomic E-state index is 0.801. The summed E-state index contributed by atoms with van der Waals surface area (Å²) in [7, 11) is 0. The van der Waals surface area contributed by atoms with Gasteiger partial charge in [0.25, 0.3) is 0 Å². The first-order chi connectivity index (χ1) is 6.95. The molecule has 0 saturated carbocycles. The summed E-state index contributed by atoms with van der Waals surface area (Å²) in [5.41, 5.74) is 2.78. The van der Waals surface area contributed by atoms with Crippen molar-refractivity contribution in [3.8, 4) is 16.9 Å². The highest BCUT2D eigenvalue weighted by molar-refractivity contribution is 5.77. The van der Waals surface area contributed by atoms with Gasteiger partial charge in [-0.3, -0.25) is 0 Å². The Kier molecular flexibility index (Phi) is 1.44. The third-order valence-electron chi connectivity index (χ3n) is 2.20. The molecule has 0 bridgehead atoms. The Bertz CT molecular complexity index is 499. The van der Waals surface area contributed by atoms with Crippen molar-refractivity contribution in [1.29, 1.82) is 0 Å². The van der Waals surface area contributed by atoms with Crippen LogP contribution in [-0.2, 0) is 0 Å². The van der Waals surface area contributed by atoms with Gasteiger partial charge in [-0.2, -0.15) is 0 Å². The van der Waals surface area contributed by atoms with Crippen molar-refractivity contribution >= 4 is 6.08 Å². The molecule has 1 aromatic carbocycles. The van der Waals surface area contributed by atoms with E-state index in [1.807, 2.05) is 24.3 Å². The van der Waals surface area contributed by atoms with Gasteiger partial charge in [0.2, 0.25) is 0 Å². The second kappa shape index (κ2) is 2.73. The zero-order valence-electron chi connectivity index (χ0n) is 7.31. The van der Waals surface area contributed by atoms with Gasteiger partial charge >= 0.3 is 0 Å². The van der Waals surface area contributed by atoms with E-state index in [9.17, 15) is 0 Å². The quantitative estimate of drug-likeness (QED) is 0.633. The molecule has 0 unspecified atom stereocenters. The second-order valence-electron chi connectivity index (χ2n) is 3.03. The Morgan fingerprint density at radius 1 is 1.07 bits per heavy atom. The molecule has 1 aromatic heterocycles. The Labute approximate surface area is 80.6 Å². The predicted molar refractivity (Wildman–Crippen MR) is 51.6 cm³/mol. The third-order valence-corrected chi connectivity index (χ3v) is 2.20. The molecule has 68 valence electrons. The molecule has 0 saturated heterocycles. The van der Waals surface area contributed by atoms with Crippen LogP contribution in [0, 0.1) is 0 Å². The van der Waals surface area contributed by atoms with Crippen LogP contribution in [0.25, 0.3) is 17.2 Å². The molecule has 0 spiro atoms. The van der Waals surface area contributed by atoms with Crippen LogP contribution in [-0.4, -0.2) is 5.16 Å². The fourth-order valence-corrected chi connectivity index (χ4v) is 1.53. The number of hydrogen-bond donors (Lipinski definition) is 0. The smallest absolute Gasteiger partial charge is 0.134 e. The van der Waals surface area contributed by atoms with Gasteiger partial charge in [0.05, 0.1) is 11.8 Å². The number of aromatic nitrogens is 1. The summed E-state index contributed by atoms with van der Waals surface area (Å²) < 4.78 is 10.4. The summed E-state index contributed by atoms with van der Waals surface area (Å²) in [4.78, 5) is 0. The van der Waals surface area contributed by atoms with Crippen molar-refractivity contribution in [2.45, 2.75) is 0 Å². The maximum absolute atomic E-state index is 5.43. The molecule has 0 atom stereocenters. The summed E-state index contributed by atoms with van der Waals surface area (Å²) in [5, 5.41) is 3.87. The minimum atomic E-state index is 0.801. The molecule has 2 aromatic rings. The molecule has 0 aliphatic carbocycles. The fourth-order valence-electron chi connectivity index (χ4n) is 1.53. The summed E-state index contributed by atoms with van der Waals surface area (Å²) in [5.74, 6) is 0.825. The average Bonchev–Trinajstić information content (AvgIpc) is 2.61. The number of rotatable bonds is 0. The zero-order valence-corrected chi connectivity index (χ0v) is 7.31. The van der Waals surface area contributed by atoms with Crippen LogP contribution in [0.15, 0.2) is 41.3 Å². The SMILES string of the molecule is C1=Cc2nocc2-c2ccccc2O1. The highest BCUT2D eigenvalue weighted by Crippen LogP contribution is 2.34. The van der Waals surface area contributed by atoms with Crippen LogP contribution < -0.4 is 4.74 Å². The molecule has 3 nitrogen and oxygen atoms in total. The van der Waals surface area contributed by atoms with Gasteiger partial charge in [-0.25, -0.2) is 0 Å². The molecule has 0 amide bonds. The van der Waals surface area contributed by atoms with E-state index >= 15 is 0 Å². The van der Waals surface area contributed by atoms with E-state index < -0.39 is 0 Å². The Morgan fingerprint density at radius 2 is 2.00 bits per heavy atom.